The summed E-state index contributed by atoms with van der Waals surface area (Å²) in [5.74, 6) is 0.340. The highest BCUT2D eigenvalue weighted by molar-refractivity contribution is 7.92. The van der Waals surface area contributed by atoms with Crippen molar-refractivity contribution >= 4 is 15.8 Å². The minimum atomic E-state index is -3.60. The van der Waals surface area contributed by atoms with Gasteiger partial charge < -0.3 is 0 Å². The van der Waals surface area contributed by atoms with Crippen LogP contribution in [0.4, 0.5) is 5.82 Å². The van der Waals surface area contributed by atoms with E-state index in [1.165, 1.54) is 5.56 Å². The topological polar surface area (TPSA) is 64.0 Å². The molecule has 0 aliphatic heterocycles. The molecule has 2 rings (SSSR count). The first kappa shape index (κ1) is 15.6. The first-order chi connectivity index (χ1) is 9.87. The zero-order valence-corrected chi connectivity index (χ0v) is 13.7. The van der Waals surface area contributed by atoms with Gasteiger partial charge in [0.25, 0.3) is 10.0 Å². The van der Waals surface area contributed by atoms with Crippen molar-refractivity contribution in [3.8, 4) is 0 Å². The summed E-state index contributed by atoms with van der Waals surface area (Å²) in [7, 11) is -1.82. The molecule has 0 atom stereocenters. The standard InChI is InChI=1S/C15H21N3O2S/c1-5-12-7-8-14(10-13(12)6-2)21(19,20)17-15-9-11(3)18(4)16-15/h7-10H,5-6H2,1-4H3,(H,16,17). The average molecular weight is 307 g/mol. The maximum Gasteiger partial charge on any atom is 0.263 e. The number of sulfonamides is 1. The number of rotatable bonds is 5. The number of benzene rings is 1. The smallest absolute Gasteiger partial charge is 0.263 e. The van der Waals surface area contributed by atoms with Crippen molar-refractivity contribution in [3.05, 3.63) is 41.1 Å². The van der Waals surface area contributed by atoms with E-state index in [0.717, 1.165) is 24.1 Å². The Bertz CT molecular complexity index is 729. The Balaban J connectivity index is 2.35. The van der Waals surface area contributed by atoms with Gasteiger partial charge in [0.05, 0.1) is 4.90 Å². The molecule has 2 aromatic rings. The highest BCUT2D eigenvalue weighted by Crippen LogP contribution is 2.20. The molecule has 114 valence electrons. The van der Waals surface area contributed by atoms with E-state index in [2.05, 4.69) is 16.7 Å². The quantitative estimate of drug-likeness (QED) is 0.923. The molecule has 0 saturated heterocycles. The first-order valence-corrected chi connectivity index (χ1v) is 8.51. The lowest BCUT2D eigenvalue weighted by Crippen LogP contribution is -2.14. The van der Waals surface area contributed by atoms with E-state index in [4.69, 9.17) is 0 Å². The van der Waals surface area contributed by atoms with Gasteiger partial charge in [-0.25, -0.2) is 8.42 Å². The van der Waals surface area contributed by atoms with Gasteiger partial charge >= 0.3 is 0 Å². The van der Waals surface area contributed by atoms with E-state index in [0.29, 0.717) is 5.82 Å². The third-order valence-corrected chi connectivity index (χ3v) is 4.95. The van der Waals surface area contributed by atoms with Crippen LogP contribution in [0.15, 0.2) is 29.2 Å². The van der Waals surface area contributed by atoms with E-state index in [1.54, 1.807) is 29.9 Å². The maximum atomic E-state index is 12.4. The second kappa shape index (κ2) is 5.89. The summed E-state index contributed by atoms with van der Waals surface area (Å²) in [6.07, 6.45) is 1.71. The minimum Gasteiger partial charge on any atom is -0.271 e. The SMILES string of the molecule is CCc1ccc(S(=O)(=O)Nc2cc(C)n(C)n2)cc1CC. The lowest BCUT2D eigenvalue weighted by Gasteiger charge is -2.10. The molecule has 21 heavy (non-hydrogen) atoms. The van der Waals surface area contributed by atoms with Crippen molar-refractivity contribution in [2.24, 2.45) is 7.05 Å². The van der Waals surface area contributed by atoms with Crippen LogP contribution in [0.25, 0.3) is 0 Å². The molecule has 1 N–H and O–H groups in total. The molecule has 1 heterocycles. The van der Waals surface area contributed by atoms with E-state index in [9.17, 15) is 8.42 Å². The van der Waals surface area contributed by atoms with E-state index >= 15 is 0 Å². The van der Waals surface area contributed by atoms with Crippen molar-refractivity contribution in [3.63, 3.8) is 0 Å². The van der Waals surface area contributed by atoms with Crippen LogP contribution in [0.2, 0.25) is 0 Å². The molecule has 0 aliphatic rings. The normalized spacial score (nSPS) is 11.6. The highest BCUT2D eigenvalue weighted by Gasteiger charge is 2.17. The van der Waals surface area contributed by atoms with Crippen LogP contribution in [0.5, 0.6) is 0 Å². The second-order valence-electron chi connectivity index (χ2n) is 5.04. The predicted molar refractivity (Wildman–Crippen MR) is 84.0 cm³/mol. The van der Waals surface area contributed by atoms with Crippen molar-refractivity contribution in [1.29, 1.82) is 0 Å². The summed E-state index contributed by atoms with van der Waals surface area (Å²) in [6.45, 7) is 5.97. The third kappa shape index (κ3) is 3.26. The molecule has 0 fully saturated rings. The molecule has 6 heteroatoms. The van der Waals surface area contributed by atoms with Gasteiger partial charge in [-0.15, -0.1) is 0 Å². The van der Waals surface area contributed by atoms with Crippen LogP contribution >= 0.6 is 0 Å². The molecule has 0 saturated carbocycles. The Morgan fingerprint density at radius 3 is 2.33 bits per heavy atom. The fourth-order valence-corrected chi connectivity index (χ4v) is 3.29. The molecule has 0 bridgehead atoms. The van der Waals surface area contributed by atoms with Gasteiger partial charge in [0.15, 0.2) is 5.82 Å². The molecule has 0 spiro atoms. The van der Waals surface area contributed by atoms with Gasteiger partial charge in [-0.3, -0.25) is 9.40 Å². The van der Waals surface area contributed by atoms with Gasteiger partial charge in [-0.1, -0.05) is 19.9 Å². The molecule has 0 amide bonds. The third-order valence-electron chi connectivity index (χ3n) is 3.60. The second-order valence-corrected chi connectivity index (χ2v) is 6.72. The van der Waals surface area contributed by atoms with Crippen LogP contribution in [0.1, 0.15) is 30.7 Å². The van der Waals surface area contributed by atoms with Gasteiger partial charge in [0.1, 0.15) is 0 Å². The van der Waals surface area contributed by atoms with Crippen molar-refractivity contribution in [2.45, 2.75) is 38.5 Å². The largest absolute Gasteiger partial charge is 0.271 e. The molecule has 0 radical (unpaired) electrons. The number of hydrogen-bond acceptors (Lipinski definition) is 3. The summed E-state index contributed by atoms with van der Waals surface area (Å²) in [5, 5.41) is 4.12. The average Bonchev–Trinajstić information content (AvgIpc) is 2.75. The van der Waals surface area contributed by atoms with Crippen LogP contribution in [0.3, 0.4) is 0 Å². The number of nitrogens with zero attached hydrogens (tertiary/aromatic N) is 2. The Labute approximate surface area is 126 Å². The fraction of sp³-hybridized carbons (Fsp3) is 0.400. The zero-order chi connectivity index (χ0) is 15.6. The Kier molecular flexibility index (Phi) is 4.37. The summed E-state index contributed by atoms with van der Waals surface area (Å²) < 4.78 is 29.0. The Hall–Kier alpha value is -1.82. The lowest BCUT2D eigenvalue weighted by molar-refractivity contribution is 0.600. The fourth-order valence-electron chi connectivity index (χ4n) is 2.25. The molecule has 5 nitrogen and oxygen atoms in total. The summed E-state index contributed by atoms with van der Waals surface area (Å²) in [6, 6.07) is 6.99. The highest BCUT2D eigenvalue weighted by atomic mass is 32.2. The monoisotopic (exact) mass is 307 g/mol. The number of anilines is 1. The molecule has 1 aromatic carbocycles. The molecule has 0 unspecified atom stereocenters. The van der Waals surface area contributed by atoms with Crippen molar-refractivity contribution in [2.75, 3.05) is 4.72 Å². The summed E-state index contributed by atoms with van der Waals surface area (Å²) >= 11 is 0. The first-order valence-electron chi connectivity index (χ1n) is 7.02. The van der Waals surface area contributed by atoms with E-state index < -0.39 is 10.0 Å². The molecular formula is C15H21N3O2S. The van der Waals surface area contributed by atoms with Gasteiger partial charge in [-0.05, 0) is 43.0 Å². The van der Waals surface area contributed by atoms with Crippen molar-refractivity contribution < 1.29 is 8.42 Å². The summed E-state index contributed by atoms with van der Waals surface area (Å²) in [5.41, 5.74) is 3.14. The molecule has 1 aromatic heterocycles. The number of aryl methyl sites for hydroxylation is 4. The van der Waals surface area contributed by atoms with E-state index in [-0.39, 0.29) is 4.90 Å². The van der Waals surface area contributed by atoms with Crippen LogP contribution in [-0.2, 0) is 29.9 Å². The maximum absolute atomic E-state index is 12.4. The Morgan fingerprint density at radius 2 is 1.81 bits per heavy atom. The lowest BCUT2D eigenvalue weighted by atomic mass is 10.0. The van der Waals surface area contributed by atoms with E-state index in [1.807, 2.05) is 19.9 Å². The van der Waals surface area contributed by atoms with Crippen LogP contribution < -0.4 is 4.72 Å². The summed E-state index contributed by atoms with van der Waals surface area (Å²) in [4.78, 5) is 0.278. The molecule has 0 aliphatic carbocycles. The van der Waals surface area contributed by atoms with Gasteiger partial charge in [0.2, 0.25) is 0 Å². The van der Waals surface area contributed by atoms with Crippen molar-refractivity contribution in [1.82, 2.24) is 9.78 Å². The van der Waals surface area contributed by atoms with Crippen LogP contribution in [0, 0.1) is 6.92 Å². The number of aromatic nitrogens is 2. The van der Waals surface area contributed by atoms with Gasteiger partial charge in [-0.2, -0.15) is 5.10 Å². The zero-order valence-electron chi connectivity index (χ0n) is 12.8. The molecular weight excluding hydrogens is 286 g/mol. The number of hydrogen-bond donors (Lipinski definition) is 1. The predicted octanol–water partition coefficient (Wildman–Crippen LogP) is 2.65. The number of nitrogens with one attached hydrogen (secondary N) is 1. The minimum absolute atomic E-state index is 0.278. The van der Waals surface area contributed by atoms with Crippen LogP contribution in [-0.4, -0.2) is 18.2 Å². The van der Waals surface area contributed by atoms with Gasteiger partial charge in [0, 0.05) is 18.8 Å². The Morgan fingerprint density at radius 1 is 1.14 bits per heavy atom.